The molecule has 1 aromatic rings. The minimum Gasteiger partial charge on any atom is -0.380 e. The molecular weight excluding hydrogens is 477 g/mol. The Hall–Kier alpha value is -2.07. The van der Waals surface area contributed by atoms with Crippen molar-refractivity contribution in [3.63, 3.8) is 0 Å². The number of halogens is 3. The zero-order valence-electron chi connectivity index (χ0n) is 22.1. The van der Waals surface area contributed by atoms with E-state index in [0.29, 0.717) is 29.7 Å². The number of benzene rings is 1. The van der Waals surface area contributed by atoms with Gasteiger partial charge in [0.15, 0.2) is 5.60 Å². The number of rotatable bonds is 3. The van der Waals surface area contributed by atoms with E-state index in [-0.39, 0.29) is 48.0 Å². The van der Waals surface area contributed by atoms with Gasteiger partial charge in [-0.3, -0.25) is 4.79 Å². The minimum atomic E-state index is -4.56. The van der Waals surface area contributed by atoms with Crippen LogP contribution < -0.4 is 0 Å². The van der Waals surface area contributed by atoms with E-state index >= 15 is 0 Å². The first-order valence-corrected chi connectivity index (χ1v) is 14.0. The van der Waals surface area contributed by atoms with Gasteiger partial charge in [-0.05, 0) is 117 Å². The summed E-state index contributed by atoms with van der Waals surface area (Å²) in [6, 6.07) is 9.45. The monoisotopic (exact) mass is 516 g/mol. The Morgan fingerprint density at radius 2 is 1.73 bits per heavy atom. The van der Waals surface area contributed by atoms with E-state index in [1.807, 2.05) is 31.0 Å². The number of aliphatic hydroxyl groups is 1. The molecule has 7 heteroatoms. The second kappa shape index (κ2) is 9.29. The quantitative estimate of drug-likeness (QED) is 0.490. The van der Waals surface area contributed by atoms with Gasteiger partial charge < -0.3 is 10.0 Å². The summed E-state index contributed by atoms with van der Waals surface area (Å²) >= 11 is 0. The lowest BCUT2D eigenvalue weighted by Crippen LogP contribution is -2.55. The molecule has 0 saturated heterocycles. The largest absolute Gasteiger partial charge is 0.417 e. The van der Waals surface area contributed by atoms with Crippen molar-refractivity contribution in [2.45, 2.75) is 89.5 Å². The van der Waals surface area contributed by atoms with Gasteiger partial charge in [0.2, 0.25) is 5.91 Å². The van der Waals surface area contributed by atoms with E-state index in [2.05, 4.69) is 13.0 Å². The van der Waals surface area contributed by atoms with Crippen LogP contribution in [0.4, 0.5) is 13.2 Å². The highest BCUT2D eigenvalue weighted by atomic mass is 19.4. The Kier molecular flexibility index (Phi) is 6.66. The molecule has 4 saturated carbocycles. The number of carbonyl (C=O) groups excluding carboxylic acids is 1. The van der Waals surface area contributed by atoms with Crippen LogP contribution in [0.25, 0.3) is 0 Å². The van der Waals surface area contributed by atoms with Crippen LogP contribution in [0.15, 0.2) is 24.3 Å². The average molecular weight is 517 g/mol. The third-order valence-electron chi connectivity index (χ3n) is 11.3. The molecule has 1 N–H and O–H groups in total. The fraction of sp³-hybridized carbons (Fsp3) is 0.733. The number of nitrogens with zero attached hydrogens (tertiary/aromatic N) is 2. The molecule has 37 heavy (non-hydrogen) atoms. The lowest BCUT2D eigenvalue weighted by molar-refractivity contribution is -0.282. The fourth-order valence-electron chi connectivity index (χ4n) is 9.04. The van der Waals surface area contributed by atoms with Crippen LogP contribution in [0, 0.1) is 52.3 Å². The molecule has 202 valence electrons. The maximum atomic E-state index is 13.8. The van der Waals surface area contributed by atoms with E-state index in [1.54, 1.807) is 12.1 Å². The average Bonchev–Trinajstić information content (AvgIpc) is 3.23. The smallest absolute Gasteiger partial charge is 0.380 e. The second-order valence-electron chi connectivity index (χ2n) is 12.7. The molecule has 0 heterocycles. The Labute approximate surface area is 218 Å². The highest BCUT2D eigenvalue weighted by Gasteiger charge is 2.62. The van der Waals surface area contributed by atoms with E-state index in [0.717, 1.165) is 44.1 Å². The fourth-order valence-corrected chi connectivity index (χ4v) is 9.04. The van der Waals surface area contributed by atoms with Crippen LogP contribution in [0.5, 0.6) is 0 Å². The predicted octanol–water partition coefficient (Wildman–Crippen LogP) is 6.64. The number of hydrogen-bond donors (Lipinski definition) is 1. The molecule has 0 unspecified atom stereocenters. The highest BCUT2D eigenvalue weighted by molar-refractivity contribution is 5.80. The summed E-state index contributed by atoms with van der Waals surface area (Å²) in [5, 5.41) is 19.4. The molecule has 4 nitrogen and oxygen atoms in total. The molecule has 1 aromatic carbocycles. The summed E-state index contributed by atoms with van der Waals surface area (Å²) in [6.07, 6.45) is 1.05. The van der Waals surface area contributed by atoms with Crippen molar-refractivity contribution in [2.75, 3.05) is 7.05 Å². The first-order valence-electron chi connectivity index (χ1n) is 14.0. The number of amides is 1. The van der Waals surface area contributed by atoms with Crippen molar-refractivity contribution in [3.8, 4) is 6.07 Å². The molecule has 0 aliphatic heterocycles. The van der Waals surface area contributed by atoms with Gasteiger partial charge in [0.05, 0.1) is 17.7 Å². The van der Waals surface area contributed by atoms with Gasteiger partial charge in [-0.15, -0.1) is 0 Å². The Morgan fingerprint density at radius 1 is 1.05 bits per heavy atom. The van der Waals surface area contributed by atoms with Crippen LogP contribution in [0.2, 0.25) is 0 Å². The van der Waals surface area contributed by atoms with Crippen LogP contribution in [-0.2, 0) is 4.79 Å². The zero-order valence-corrected chi connectivity index (χ0v) is 22.1. The molecule has 0 aromatic heterocycles. The van der Waals surface area contributed by atoms with E-state index in [1.165, 1.54) is 0 Å². The number of fused-ring (bicyclic) bond motifs is 5. The topological polar surface area (TPSA) is 64.3 Å². The summed E-state index contributed by atoms with van der Waals surface area (Å²) in [4.78, 5) is 15.7. The normalized spacial score (nSPS) is 40.1. The molecule has 9 atom stereocenters. The zero-order chi connectivity index (χ0) is 26.8. The van der Waals surface area contributed by atoms with Gasteiger partial charge in [-0.1, -0.05) is 19.1 Å². The molecule has 0 spiro atoms. The van der Waals surface area contributed by atoms with Crippen LogP contribution in [0.3, 0.4) is 0 Å². The van der Waals surface area contributed by atoms with Crippen LogP contribution in [0.1, 0.15) is 88.8 Å². The van der Waals surface area contributed by atoms with Gasteiger partial charge in [0.1, 0.15) is 0 Å². The number of carbonyl (C=O) groups is 1. The highest BCUT2D eigenvalue weighted by Crippen LogP contribution is 2.65. The van der Waals surface area contributed by atoms with Gasteiger partial charge in [-0.2, -0.15) is 18.4 Å². The van der Waals surface area contributed by atoms with E-state index < -0.39 is 11.8 Å². The standard InChI is InChI=1S/C30H39F3N2O2/c1-18(20-6-4-19(17-34)5-7-20)35(3)27(36)26-11-10-25-24-9-8-21-16-29(37,30(31,32)33)15-13-22(21)23(24)12-14-28(25,26)2/h4-7,18,21-26,37H,8-16H2,1-3H3/t18-,21+,22-,23+,24+,25-,26+,28-,29+/m0/s1. The van der Waals surface area contributed by atoms with Gasteiger partial charge in [0.25, 0.3) is 0 Å². The number of nitriles is 1. The van der Waals surface area contributed by atoms with E-state index in [4.69, 9.17) is 5.26 Å². The Balaban J connectivity index is 1.29. The molecule has 1 amide bonds. The summed E-state index contributed by atoms with van der Waals surface area (Å²) in [5.74, 6) is 1.67. The summed E-state index contributed by atoms with van der Waals surface area (Å²) in [5.41, 5.74) is -0.993. The van der Waals surface area contributed by atoms with Gasteiger partial charge >= 0.3 is 6.18 Å². The van der Waals surface area contributed by atoms with Gasteiger partial charge in [0, 0.05) is 13.0 Å². The molecule has 5 rings (SSSR count). The molecule has 0 radical (unpaired) electrons. The number of hydrogen-bond acceptors (Lipinski definition) is 3. The molecule has 4 fully saturated rings. The first kappa shape index (κ1) is 26.5. The van der Waals surface area contributed by atoms with Crippen molar-refractivity contribution >= 4 is 5.91 Å². The summed E-state index contributed by atoms with van der Waals surface area (Å²) in [6.45, 7) is 4.32. The number of alkyl halides is 3. The lowest BCUT2D eigenvalue weighted by Gasteiger charge is -2.57. The third kappa shape index (κ3) is 4.28. The van der Waals surface area contributed by atoms with E-state index in [9.17, 15) is 23.1 Å². The summed E-state index contributed by atoms with van der Waals surface area (Å²) < 4.78 is 40.6. The molecular formula is C30H39F3N2O2. The Bertz CT molecular complexity index is 1070. The maximum Gasteiger partial charge on any atom is 0.417 e. The maximum absolute atomic E-state index is 13.8. The third-order valence-corrected chi connectivity index (χ3v) is 11.3. The van der Waals surface area contributed by atoms with Crippen LogP contribution in [-0.4, -0.2) is 34.7 Å². The Morgan fingerprint density at radius 3 is 2.38 bits per heavy atom. The van der Waals surface area contributed by atoms with Gasteiger partial charge in [-0.25, -0.2) is 0 Å². The second-order valence-corrected chi connectivity index (χ2v) is 12.7. The molecule has 4 aliphatic carbocycles. The van der Waals surface area contributed by atoms with Crippen molar-refractivity contribution in [1.29, 1.82) is 5.26 Å². The van der Waals surface area contributed by atoms with Crippen molar-refractivity contribution in [2.24, 2.45) is 40.9 Å². The first-order chi connectivity index (χ1) is 17.4. The predicted molar refractivity (Wildman–Crippen MR) is 134 cm³/mol. The van der Waals surface area contributed by atoms with Crippen molar-refractivity contribution < 1.29 is 23.1 Å². The molecule has 4 aliphatic rings. The van der Waals surface area contributed by atoms with Crippen molar-refractivity contribution in [1.82, 2.24) is 4.90 Å². The van der Waals surface area contributed by atoms with Crippen LogP contribution >= 0.6 is 0 Å². The minimum absolute atomic E-state index is 0.0383. The van der Waals surface area contributed by atoms with Crippen molar-refractivity contribution in [3.05, 3.63) is 35.4 Å². The SMILES string of the molecule is C[C@@H](c1ccc(C#N)cc1)N(C)C(=O)[C@H]1CC[C@H]2[C@@H]3CC[C@@H]4C[C@@](O)(C(F)(F)F)CC[C@@H]4[C@H]3CC[C@]12C. The summed E-state index contributed by atoms with van der Waals surface area (Å²) in [7, 11) is 1.88. The molecule has 0 bridgehead atoms. The lowest BCUT2D eigenvalue weighted by atomic mass is 9.49.